The van der Waals surface area contributed by atoms with Crippen LogP contribution >= 0.6 is 24.0 Å². The van der Waals surface area contributed by atoms with Gasteiger partial charge in [-0.25, -0.2) is 0 Å². The molecule has 4 rings (SSSR count). The maximum atomic E-state index is 10.6. The van der Waals surface area contributed by atoms with Crippen LogP contribution in [0.4, 0.5) is 0 Å². The summed E-state index contributed by atoms with van der Waals surface area (Å²) in [5.74, 6) is 0.995. The van der Waals surface area contributed by atoms with Crippen LogP contribution in [-0.2, 0) is 13.0 Å². The van der Waals surface area contributed by atoms with E-state index in [2.05, 4.69) is 46.3 Å². The summed E-state index contributed by atoms with van der Waals surface area (Å²) < 4.78 is 0. The summed E-state index contributed by atoms with van der Waals surface area (Å²) >= 11 is 0. The Kier molecular flexibility index (Phi) is 8.22. The number of likely N-dealkylation sites (tertiary alicyclic amines) is 1. The zero-order chi connectivity index (χ0) is 19.4. The van der Waals surface area contributed by atoms with Gasteiger partial charge in [-0.2, -0.15) is 0 Å². The average Bonchev–Trinajstić information content (AvgIpc) is 3.35. The number of aliphatic hydroxyl groups excluding tert-OH is 1. The highest BCUT2D eigenvalue weighted by molar-refractivity contribution is 14.0. The first-order chi connectivity index (χ1) is 13.7. The van der Waals surface area contributed by atoms with Crippen LogP contribution in [0, 0.1) is 5.41 Å². The van der Waals surface area contributed by atoms with Crippen molar-refractivity contribution in [1.82, 2.24) is 15.1 Å². The van der Waals surface area contributed by atoms with Crippen LogP contribution < -0.4 is 5.32 Å². The number of halogens is 1. The summed E-state index contributed by atoms with van der Waals surface area (Å²) in [6.07, 6.45) is 7.49. The van der Waals surface area contributed by atoms with E-state index >= 15 is 0 Å². The van der Waals surface area contributed by atoms with Crippen LogP contribution in [0.25, 0.3) is 0 Å². The molecule has 3 aliphatic rings. The molecule has 6 heteroatoms. The van der Waals surface area contributed by atoms with Gasteiger partial charge in [-0.05, 0) is 49.1 Å². The normalized spacial score (nSPS) is 22.4. The Balaban J connectivity index is 0.00000240. The summed E-state index contributed by atoms with van der Waals surface area (Å²) in [5.41, 5.74) is 3.39. The predicted octanol–water partition coefficient (Wildman–Crippen LogP) is 3.26. The molecule has 1 saturated carbocycles. The maximum Gasteiger partial charge on any atom is 0.194 e. The van der Waals surface area contributed by atoms with Crippen molar-refractivity contribution in [2.75, 3.05) is 39.3 Å². The van der Waals surface area contributed by atoms with E-state index in [0.29, 0.717) is 18.5 Å². The maximum absolute atomic E-state index is 10.6. The first-order valence-corrected chi connectivity index (χ1v) is 11.2. The van der Waals surface area contributed by atoms with Gasteiger partial charge in [0.15, 0.2) is 5.96 Å². The van der Waals surface area contributed by atoms with E-state index in [1.165, 1.54) is 43.2 Å². The number of nitrogens with zero attached hydrogens (tertiary/aromatic N) is 3. The van der Waals surface area contributed by atoms with Gasteiger partial charge in [0.25, 0.3) is 0 Å². The summed E-state index contributed by atoms with van der Waals surface area (Å²) in [4.78, 5) is 9.60. The molecule has 2 fully saturated rings. The molecule has 162 valence electrons. The van der Waals surface area contributed by atoms with Gasteiger partial charge >= 0.3 is 0 Å². The fraction of sp³-hybridized carbons (Fsp3) is 0.696. The number of guanidine groups is 1. The molecule has 29 heavy (non-hydrogen) atoms. The molecule has 1 atom stereocenters. The van der Waals surface area contributed by atoms with E-state index in [1.54, 1.807) is 0 Å². The number of aliphatic hydroxyl groups is 1. The first-order valence-electron chi connectivity index (χ1n) is 11.2. The molecule has 1 unspecified atom stereocenters. The largest absolute Gasteiger partial charge is 0.390 e. The smallest absolute Gasteiger partial charge is 0.194 e. The summed E-state index contributed by atoms with van der Waals surface area (Å²) in [7, 11) is 0. The molecule has 0 amide bonds. The van der Waals surface area contributed by atoms with E-state index in [-0.39, 0.29) is 24.0 Å². The van der Waals surface area contributed by atoms with Crippen molar-refractivity contribution in [2.24, 2.45) is 10.4 Å². The molecule has 1 saturated heterocycles. The van der Waals surface area contributed by atoms with Gasteiger partial charge in [-0.1, -0.05) is 37.1 Å². The lowest BCUT2D eigenvalue weighted by molar-refractivity contribution is 0.111. The van der Waals surface area contributed by atoms with Crippen molar-refractivity contribution in [3.8, 4) is 0 Å². The lowest BCUT2D eigenvalue weighted by Crippen LogP contribution is -2.42. The molecule has 1 aromatic rings. The van der Waals surface area contributed by atoms with Crippen LogP contribution in [0.3, 0.4) is 0 Å². The molecule has 0 aromatic heterocycles. The van der Waals surface area contributed by atoms with Crippen molar-refractivity contribution in [3.05, 3.63) is 35.4 Å². The Morgan fingerprint density at radius 3 is 2.69 bits per heavy atom. The van der Waals surface area contributed by atoms with E-state index in [0.717, 1.165) is 45.1 Å². The molecular weight excluding hydrogens is 475 g/mol. The highest BCUT2D eigenvalue weighted by atomic mass is 127. The molecule has 1 aliphatic carbocycles. The van der Waals surface area contributed by atoms with Gasteiger partial charge < -0.3 is 15.3 Å². The highest BCUT2D eigenvalue weighted by Gasteiger charge is 2.41. The number of benzene rings is 1. The van der Waals surface area contributed by atoms with E-state index in [1.807, 2.05) is 0 Å². The molecule has 0 radical (unpaired) electrons. The lowest BCUT2D eigenvalue weighted by Gasteiger charge is -2.30. The third-order valence-electron chi connectivity index (χ3n) is 6.87. The molecule has 2 N–H and O–H groups in total. The van der Waals surface area contributed by atoms with Gasteiger partial charge in [0.05, 0.1) is 12.6 Å². The molecule has 2 aliphatic heterocycles. The van der Waals surface area contributed by atoms with Crippen LogP contribution in [0.15, 0.2) is 29.3 Å². The summed E-state index contributed by atoms with van der Waals surface area (Å²) in [5, 5.41) is 14.1. The standard InChI is InChI=1S/C23H36N4O.HI/c1-2-24-22(27-14-12-23(18-27)10-5-6-11-23)25-15-21(28)17-26-13-9-19-7-3-4-8-20(19)16-26;/h3-4,7-8,21,28H,2,5-6,9-18H2,1H3,(H,24,25);1H. The minimum absolute atomic E-state index is 0. The van der Waals surface area contributed by atoms with Crippen molar-refractivity contribution in [2.45, 2.75) is 58.1 Å². The minimum Gasteiger partial charge on any atom is -0.390 e. The number of rotatable bonds is 5. The van der Waals surface area contributed by atoms with Crippen molar-refractivity contribution < 1.29 is 5.11 Å². The number of hydrogen-bond donors (Lipinski definition) is 2. The second kappa shape index (κ2) is 10.4. The molecule has 1 aromatic carbocycles. The Hall–Kier alpha value is -0.860. The molecule has 1 spiro atoms. The van der Waals surface area contributed by atoms with Crippen LogP contribution in [0.5, 0.6) is 0 Å². The zero-order valence-electron chi connectivity index (χ0n) is 17.8. The highest BCUT2D eigenvalue weighted by Crippen LogP contribution is 2.45. The van der Waals surface area contributed by atoms with Crippen LogP contribution in [-0.4, -0.2) is 66.2 Å². The number of nitrogens with one attached hydrogen (secondary N) is 1. The van der Waals surface area contributed by atoms with E-state index in [9.17, 15) is 5.11 Å². The second-order valence-corrected chi connectivity index (χ2v) is 8.98. The van der Waals surface area contributed by atoms with Gasteiger partial charge in [0, 0.05) is 39.3 Å². The Labute approximate surface area is 193 Å². The van der Waals surface area contributed by atoms with Gasteiger partial charge in [-0.3, -0.25) is 9.89 Å². The van der Waals surface area contributed by atoms with Gasteiger partial charge in [0.2, 0.25) is 0 Å². The molecular formula is C23H37IN4O. The van der Waals surface area contributed by atoms with Crippen molar-refractivity contribution in [1.29, 1.82) is 0 Å². The van der Waals surface area contributed by atoms with Crippen molar-refractivity contribution in [3.63, 3.8) is 0 Å². The third-order valence-corrected chi connectivity index (χ3v) is 6.87. The monoisotopic (exact) mass is 512 g/mol. The van der Waals surface area contributed by atoms with Gasteiger partial charge in [-0.15, -0.1) is 24.0 Å². The molecule has 5 nitrogen and oxygen atoms in total. The lowest BCUT2D eigenvalue weighted by atomic mass is 9.86. The second-order valence-electron chi connectivity index (χ2n) is 8.98. The first kappa shape index (κ1) is 22.8. The number of aliphatic imine (C=N–C) groups is 1. The number of β-amino-alcohol motifs (C(OH)–C–C–N with tert-alkyl or cyclic N) is 1. The summed E-state index contributed by atoms with van der Waals surface area (Å²) in [6.45, 7) is 8.37. The Morgan fingerprint density at radius 1 is 1.17 bits per heavy atom. The fourth-order valence-corrected chi connectivity index (χ4v) is 5.33. The fourth-order valence-electron chi connectivity index (χ4n) is 5.33. The quantitative estimate of drug-likeness (QED) is 0.362. The predicted molar refractivity (Wildman–Crippen MR) is 130 cm³/mol. The number of fused-ring (bicyclic) bond motifs is 1. The zero-order valence-corrected chi connectivity index (χ0v) is 20.1. The topological polar surface area (TPSA) is 51.1 Å². The van der Waals surface area contributed by atoms with E-state index in [4.69, 9.17) is 4.99 Å². The third kappa shape index (κ3) is 5.64. The Morgan fingerprint density at radius 2 is 1.93 bits per heavy atom. The SMILES string of the molecule is CCNC(=NCC(O)CN1CCc2ccccc2C1)N1CCC2(CCCC2)C1.I. The van der Waals surface area contributed by atoms with Gasteiger partial charge in [0.1, 0.15) is 0 Å². The summed E-state index contributed by atoms with van der Waals surface area (Å²) in [6, 6.07) is 8.66. The number of hydrogen-bond acceptors (Lipinski definition) is 3. The van der Waals surface area contributed by atoms with Crippen LogP contribution in [0.2, 0.25) is 0 Å². The molecule has 0 bridgehead atoms. The average molecular weight is 512 g/mol. The van der Waals surface area contributed by atoms with Crippen molar-refractivity contribution >= 4 is 29.9 Å². The van der Waals surface area contributed by atoms with E-state index < -0.39 is 6.10 Å². The minimum atomic E-state index is -0.415. The van der Waals surface area contributed by atoms with Crippen LogP contribution in [0.1, 0.15) is 50.2 Å². The molecule has 2 heterocycles. The Bertz CT molecular complexity index is 689.